The molecule has 0 fully saturated rings. The van der Waals surface area contributed by atoms with Crippen molar-refractivity contribution in [1.29, 1.82) is 0 Å². The van der Waals surface area contributed by atoms with Crippen LogP contribution in [-0.4, -0.2) is 29.7 Å². The Labute approximate surface area is 283 Å². The molecule has 2 aromatic heterocycles. The number of nitrogens with zero attached hydrogens (tertiary/aromatic N) is 4. The van der Waals surface area contributed by atoms with Crippen molar-refractivity contribution < 1.29 is 9.15 Å². The van der Waals surface area contributed by atoms with E-state index in [0.29, 0.717) is 0 Å². The number of rotatable bonds is 4. The van der Waals surface area contributed by atoms with Crippen molar-refractivity contribution in [2.75, 3.05) is 0 Å². The van der Waals surface area contributed by atoms with Gasteiger partial charge in [-0.15, -0.1) is 0 Å². The summed E-state index contributed by atoms with van der Waals surface area (Å²) in [6, 6.07) is 53.6. The molecule has 0 amide bonds. The van der Waals surface area contributed by atoms with E-state index in [0.717, 1.165) is 12.8 Å². The third kappa shape index (κ3) is 2.94. The Balaban J connectivity index is 1.35. The van der Waals surface area contributed by atoms with Crippen molar-refractivity contribution in [3.8, 4) is 0 Å². The van der Waals surface area contributed by atoms with Crippen molar-refractivity contribution in [2.45, 2.75) is 18.8 Å². The molecular weight excluding hydrogens is 597 g/mol. The summed E-state index contributed by atoms with van der Waals surface area (Å²) in [5.74, 6) is -0.690. The topological polar surface area (TPSA) is 15.9 Å². The molecule has 228 valence electrons. The van der Waals surface area contributed by atoms with Crippen LogP contribution >= 0.6 is 0 Å². The molecular formula is C45H30N4+2. The molecule has 0 bridgehead atoms. The molecule has 0 saturated carbocycles. The number of hydrogen-bond donors (Lipinski definition) is 0. The van der Waals surface area contributed by atoms with Crippen molar-refractivity contribution in [3.63, 3.8) is 0 Å². The van der Waals surface area contributed by atoms with E-state index in [1.165, 1.54) is 89.4 Å². The van der Waals surface area contributed by atoms with Crippen molar-refractivity contribution in [2.24, 2.45) is 0 Å². The molecule has 49 heavy (non-hydrogen) atoms. The van der Waals surface area contributed by atoms with Crippen LogP contribution in [-0.2, 0) is 5.91 Å². The van der Waals surface area contributed by atoms with Gasteiger partial charge < -0.3 is 0 Å². The zero-order valence-corrected chi connectivity index (χ0v) is 26.7. The standard InChI is InChI=1S/C45H30N4/c1-5-13-29(14-6-1)41-33-21-23-35-42(30-15-7-2-8-16-30)37-25-27-39-44(32-19-11-4-12-20-32)40-28-26-38-43(31-17-9-3-10-18-31)36-24-22-34(41)47(36)45(46(33)35,48(37)39)49(38)40/h1-25,27H,26,28H2/q+2. The molecule has 4 aromatic carbocycles. The predicted octanol–water partition coefficient (Wildman–Crippen LogP) is 6.65. The Hall–Kier alpha value is -6.26. The van der Waals surface area contributed by atoms with Gasteiger partial charge in [-0.2, -0.15) is 9.13 Å². The van der Waals surface area contributed by atoms with Gasteiger partial charge in [-0.05, 0) is 46.5 Å². The fraction of sp³-hybridized carbons (Fsp3) is 0.0667. The second kappa shape index (κ2) is 9.00. The number of hydrogen-bond acceptors (Lipinski definition) is 0. The second-order valence-corrected chi connectivity index (χ2v) is 13.6. The molecule has 0 radical (unpaired) electrons. The molecule has 0 aliphatic carbocycles. The summed E-state index contributed by atoms with van der Waals surface area (Å²) < 4.78 is 10.8. The van der Waals surface area contributed by atoms with E-state index in [4.69, 9.17) is 0 Å². The lowest BCUT2D eigenvalue weighted by Gasteiger charge is -2.41. The highest BCUT2D eigenvalue weighted by Gasteiger charge is 2.73. The van der Waals surface area contributed by atoms with Crippen LogP contribution < -0.4 is 10.7 Å². The van der Waals surface area contributed by atoms with E-state index >= 15 is 0 Å². The summed E-state index contributed by atoms with van der Waals surface area (Å²) in [4.78, 5) is 0. The minimum Gasteiger partial charge on any atom is -0.198 e. The molecule has 0 saturated heterocycles. The minimum absolute atomic E-state index is 0.690. The first-order valence-electron chi connectivity index (χ1n) is 17.3. The molecule has 6 aliphatic rings. The third-order valence-electron chi connectivity index (χ3n) is 11.3. The van der Waals surface area contributed by atoms with E-state index < -0.39 is 5.91 Å². The molecule has 1 spiro atoms. The Morgan fingerprint density at radius 1 is 0.429 bits per heavy atom. The zero-order valence-electron chi connectivity index (χ0n) is 26.7. The van der Waals surface area contributed by atoms with Gasteiger partial charge in [0.2, 0.25) is 22.8 Å². The molecule has 1 unspecified atom stereocenters. The van der Waals surface area contributed by atoms with E-state index in [2.05, 4.69) is 176 Å². The van der Waals surface area contributed by atoms with E-state index in [-0.39, 0.29) is 0 Å². The predicted molar refractivity (Wildman–Crippen MR) is 193 cm³/mol. The molecule has 12 rings (SSSR count). The molecule has 6 aliphatic heterocycles. The summed E-state index contributed by atoms with van der Waals surface area (Å²) >= 11 is 0. The first-order valence-corrected chi connectivity index (χ1v) is 17.3. The average Bonchev–Trinajstić information content (AvgIpc) is 3.99. The normalized spacial score (nSPS) is 20.5. The van der Waals surface area contributed by atoms with Gasteiger partial charge in [-0.1, -0.05) is 130 Å². The lowest BCUT2D eigenvalue weighted by atomic mass is 9.93. The molecule has 0 N–H and O–H groups in total. The lowest BCUT2D eigenvalue weighted by molar-refractivity contribution is -0.835. The Bertz CT molecular complexity index is 2760. The van der Waals surface area contributed by atoms with E-state index in [9.17, 15) is 0 Å². The monoisotopic (exact) mass is 626 g/mol. The van der Waals surface area contributed by atoms with Gasteiger partial charge in [-0.25, -0.2) is 0 Å². The first kappa shape index (κ1) is 25.8. The van der Waals surface area contributed by atoms with Gasteiger partial charge in [0.25, 0.3) is 0 Å². The van der Waals surface area contributed by atoms with Gasteiger partial charge in [0, 0.05) is 25.0 Å². The van der Waals surface area contributed by atoms with E-state index in [1.54, 1.807) is 0 Å². The van der Waals surface area contributed by atoms with E-state index in [1.807, 2.05) is 0 Å². The van der Waals surface area contributed by atoms with Crippen LogP contribution in [0.15, 0.2) is 169 Å². The molecule has 1 atom stereocenters. The van der Waals surface area contributed by atoms with Crippen LogP contribution in [0.2, 0.25) is 0 Å². The minimum atomic E-state index is -0.690. The maximum Gasteiger partial charge on any atom is 0.553 e. The highest BCUT2D eigenvalue weighted by molar-refractivity contribution is 6.28. The summed E-state index contributed by atoms with van der Waals surface area (Å²) in [7, 11) is 0. The Kier molecular flexibility index (Phi) is 4.74. The van der Waals surface area contributed by atoms with Gasteiger partial charge in [-0.3, -0.25) is 0 Å². The van der Waals surface area contributed by atoms with Crippen LogP contribution in [0.5, 0.6) is 0 Å². The Morgan fingerprint density at radius 3 is 1.55 bits per heavy atom. The summed E-state index contributed by atoms with van der Waals surface area (Å²) in [6.45, 7) is 0. The molecule has 4 heteroatoms. The summed E-state index contributed by atoms with van der Waals surface area (Å²) in [5.41, 5.74) is 18.0. The molecule has 6 aromatic rings. The van der Waals surface area contributed by atoms with Crippen LogP contribution in [0.1, 0.15) is 46.5 Å². The van der Waals surface area contributed by atoms with Gasteiger partial charge in [0.15, 0.2) is 0 Å². The largest absolute Gasteiger partial charge is 0.553 e. The van der Waals surface area contributed by atoms with Crippen LogP contribution in [0.25, 0.3) is 22.3 Å². The average molecular weight is 627 g/mol. The Morgan fingerprint density at radius 2 is 0.939 bits per heavy atom. The number of aromatic nitrogens is 2. The van der Waals surface area contributed by atoms with Crippen LogP contribution in [0.4, 0.5) is 0 Å². The first-order chi connectivity index (χ1) is 24.4. The van der Waals surface area contributed by atoms with Gasteiger partial charge in [0.05, 0.1) is 44.4 Å². The van der Waals surface area contributed by atoms with Crippen LogP contribution in [0, 0.1) is 0 Å². The number of benzene rings is 4. The van der Waals surface area contributed by atoms with Gasteiger partial charge in [0.1, 0.15) is 0 Å². The maximum absolute atomic E-state index is 2.75. The van der Waals surface area contributed by atoms with Crippen LogP contribution in [0.3, 0.4) is 0 Å². The quantitative estimate of drug-likeness (QED) is 0.195. The van der Waals surface area contributed by atoms with Crippen molar-refractivity contribution in [1.82, 2.24) is 9.13 Å². The fourth-order valence-corrected chi connectivity index (χ4v) is 9.71. The van der Waals surface area contributed by atoms with Gasteiger partial charge >= 0.3 is 5.91 Å². The lowest BCUT2D eigenvalue weighted by Crippen LogP contribution is -2.71. The molecule has 8 heterocycles. The maximum atomic E-state index is 2.75. The summed E-state index contributed by atoms with van der Waals surface area (Å²) in [6.07, 6.45) is 6.71. The summed E-state index contributed by atoms with van der Waals surface area (Å²) in [5, 5.41) is 2.51. The third-order valence-corrected chi connectivity index (χ3v) is 11.3. The number of allylic oxidation sites excluding steroid dienone is 3. The van der Waals surface area contributed by atoms with Crippen molar-refractivity contribution in [3.05, 3.63) is 213 Å². The molecule has 4 nitrogen and oxygen atoms in total. The smallest absolute Gasteiger partial charge is 0.198 e. The fourth-order valence-electron chi connectivity index (χ4n) is 9.71. The highest BCUT2D eigenvalue weighted by Crippen LogP contribution is 2.53. The second-order valence-electron chi connectivity index (χ2n) is 13.6. The SMILES string of the molecule is C1=CC2=[N+]3C1=C(c1ccccc1)c1ccc4n1C31n3c(ccc3=C(c3ccccc3)C3=[N+]1C(=C4c1ccccc1)CC3)=C2c1ccccc1. The zero-order chi connectivity index (χ0) is 31.8. The van der Waals surface area contributed by atoms with Crippen molar-refractivity contribution >= 4 is 33.7 Å². The highest BCUT2D eigenvalue weighted by atomic mass is 15.6.